The summed E-state index contributed by atoms with van der Waals surface area (Å²) in [5, 5.41) is 14.6. The van der Waals surface area contributed by atoms with E-state index in [1.54, 1.807) is 45.3 Å². The lowest BCUT2D eigenvalue weighted by Gasteiger charge is -2.28. The van der Waals surface area contributed by atoms with E-state index in [4.69, 9.17) is 4.74 Å². The van der Waals surface area contributed by atoms with Crippen LogP contribution in [0.2, 0.25) is 0 Å². The molecule has 0 saturated carbocycles. The highest BCUT2D eigenvalue weighted by Gasteiger charge is 2.31. The van der Waals surface area contributed by atoms with Crippen molar-refractivity contribution >= 4 is 18.0 Å². The van der Waals surface area contributed by atoms with Gasteiger partial charge in [-0.05, 0) is 44.2 Å². The standard InChI is InChI=1S/C20H31N3O5/c1-19(2,3)11-15(23-18(27)28-20(4,5)6)16(24)22-14(17(25)26)10-13-8-7-9-21-12-13/h7-9,12,14-15H,10-11H2,1-6H3,(H,22,24)(H,23,27)(H,25,26)/t14-,15+/m0/s1. The molecule has 0 bridgehead atoms. The van der Waals surface area contributed by atoms with Crippen LogP contribution in [-0.2, 0) is 20.7 Å². The molecule has 1 aromatic heterocycles. The van der Waals surface area contributed by atoms with Crippen molar-refractivity contribution in [2.75, 3.05) is 0 Å². The number of nitrogens with zero attached hydrogens (tertiary/aromatic N) is 1. The lowest BCUT2D eigenvalue weighted by atomic mass is 9.87. The molecule has 1 aromatic rings. The maximum atomic E-state index is 12.8. The van der Waals surface area contributed by atoms with Gasteiger partial charge in [0.25, 0.3) is 0 Å². The summed E-state index contributed by atoms with van der Waals surface area (Å²) in [5.74, 6) is -1.74. The first kappa shape index (κ1) is 23.4. The largest absolute Gasteiger partial charge is 0.480 e. The summed E-state index contributed by atoms with van der Waals surface area (Å²) in [7, 11) is 0. The summed E-state index contributed by atoms with van der Waals surface area (Å²) >= 11 is 0. The molecule has 0 fully saturated rings. The second-order valence-corrected chi connectivity index (χ2v) is 8.93. The third kappa shape index (κ3) is 9.34. The summed E-state index contributed by atoms with van der Waals surface area (Å²) in [6.45, 7) is 10.9. The fourth-order valence-corrected chi connectivity index (χ4v) is 2.50. The molecule has 2 atom stereocenters. The van der Waals surface area contributed by atoms with E-state index >= 15 is 0 Å². The van der Waals surface area contributed by atoms with Gasteiger partial charge in [-0.3, -0.25) is 9.78 Å². The Kier molecular flexibility index (Phi) is 7.96. The maximum Gasteiger partial charge on any atom is 0.408 e. The minimum absolute atomic E-state index is 0.0869. The van der Waals surface area contributed by atoms with Gasteiger partial charge in [-0.15, -0.1) is 0 Å². The van der Waals surface area contributed by atoms with Crippen molar-refractivity contribution in [1.29, 1.82) is 0 Å². The third-order valence-electron chi connectivity index (χ3n) is 3.60. The molecule has 0 aromatic carbocycles. The lowest BCUT2D eigenvalue weighted by molar-refractivity contribution is -0.142. The smallest absolute Gasteiger partial charge is 0.408 e. The Morgan fingerprint density at radius 2 is 1.75 bits per heavy atom. The summed E-state index contributed by atoms with van der Waals surface area (Å²) in [5.41, 5.74) is -0.307. The predicted octanol–water partition coefficient (Wildman–Crippen LogP) is 2.52. The number of rotatable bonds is 7. The molecule has 0 aliphatic heterocycles. The molecular weight excluding hydrogens is 362 g/mol. The molecule has 0 aliphatic rings. The van der Waals surface area contributed by atoms with E-state index in [2.05, 4.69) is 15.6 Å². The fraction of sp³-hybridized carbons (Fsp3) is 0.600. The Bertz CT molecular complexity index is 677. The zero-order valence-corrected chi connectivity index (χ0v) is 17.4. The molecule has 2 amide bonds. The number of alkyl carbamates (subject to hydrolysis) is 1. The van der Waals surface area contributed by atoms with Crippen molar-refractivity contribution in [2.24, 2.45) is 5.41 Å². The molecule has 156 valence electrons. The van der Waals surface area contributed by atoms with E-state index in [-0.39, 0.29) is 11.8 Å². The van der Waals surface area contributed by atoms with Gasteiger partial charge in [0.1, 0.15) is 17.7 Å². The number of carbonyl (C=O) groups excluding carboxylic acids is 2. The Labute approximate surface area is 166 Å². The normalized spacial score (nSPS) is 13.9. The fourth-order valence-electron chi connectivity index (χ4n) is 2.50. The van der Waals surface area contributed by atoms with E-state index < -0.39 is 35.7 Å². The van der Waals surface area contributed by atoms with Gasteiger partial charge < -0.3 is 20.5 Å². The van der Waals surface area contributed by atoms with Gasteiger partial charge in [-0.2, -0.15) is 0 Å². The lowest BCUT2D eigenvalue weighted by Crippen LogP contribution is -2.53. The predicted molar refractivity (Wildman–Crippen MR) is 105 cm³/mol. The highest BCUT2D eigenvalue weighted by atomic mass is 16.6. The number of aromatic nitrogens is 1. The van der Waals surface area contributed by atoms with Gasteiger partial charge in [0.15, 0.2) is 0 Å². The molecule has 3 N–H and O–H groups in total. The number of amides is 2. The Balaban J connectivity index is 2.90. The first-order valence-corrected chi connectivity index (χ1v) is 9.18. The molecule has 0 radical (unpaired) electrons. The minimum atomic E-state index is -1.16. The van der Waals surface area contributed by atoms with E-state index in [1.807, 2.05) is 20.8 Å². The quantitative estimate of drug-likeness (QED) is 0.655. The van der Waals surface area contributed by atoms with E-state index in [9.17, 15) is 19.5 Å². The second-order valence-electron chi connectivity index (χ2n) is 8.93. The van der Waals surface area contributed by atoms with Crippen LogP contribution in [0.1, 0.15) is 53.5 Å². The summed E-state index contributed by atoms with van der Waals surface area (Å²) in [6.07, 6.45) is 2.81. The minimum Gasteiger partial charge on any atom is -0.480 e. The number of hydrogen-bond acceptors (Lipinski definition) is 5. The maximum absolute atomic E-state index is 12.8. The van der Waals surface area contributed by atoms with E-state index in [0.717, 1.165) is 0 Å². The average Bonchev–Trinajstić information content (AvgIpc) is 2.51. The van der Waals surface area contributed by atoms with Crippen molar-refractivity contribution < 1.29 is 24.2 Å². The number of carboxylic acids is 1. The van der Waals surface area contributed by atoms with Gasteiger partial charge in [-0.25, -0.2) is 9.59 Å². The van der Waals surface area contributed by atoms with Crippen LogP contribution < -0.4 is 10.6 Å². The number of ether oxygens (including phenoxy) is 1. The molecule has 0 spiro atoms. The van der Waals surface area contributed by atoms with Crippen LogP contribution in [0.15, 0.2) is 24.5 Å². The molecule has 1 rings (SSSR count). The van der Waals surface area contributed by atoms with Crippen LogP contribution in [-0.4, -0.2) is 45.7 Å². The monoisotopic (exact) mass is 393 g/mol. The van der Waals surface area contributed by atoms with E-state index in [1.165, 1.54) is 0 Å². The van der Waals surface area contributed by atoms with Gasteiger partial charge in [-0.1, -0.05) is 26.8 Å². The number of hydrogen-bond donors (Lipinski definition) is 3. The molecule has 1 heterocycles. The Morgan fingerprint density at radius 1 is 1.11 bits per heavy atom. The topological polar surface area (TPSA) is 118 Å². The molecule has 0 aliphatic carbocycles. The molecule has 8 heteroatoms. The van der Waals surface area contributed by atoms with Crippen molar-refractivity contribution in [1.82, 2.24) is 15.6 Å². The number of pyridine rings is 1. The summed E-state index contributed by atoms with van der Waals surface area (Å²) in [4.78, 5) is 40.5. The van der Waals surface area contributed by atoms with Gasteiger partial charge in [0.2, 0.25) is 5.91 Å². The Morgan fingerprint density at radius 3 is 2.21 bits per heavy atom. The van der Waals surface area contributed by atoms with Crippen LogP contribution in [0.5, 0.6) is 0 Å². The molecule has 0 unspecified atom stereocenters. The molecule has 0 saturated heterocycles. The van der Waals surface area contributed by atoms with Crippen molar-refractivity contribution in [3.05, 3.63) is 30.1 Å². The molecule has 8 nitrogen and oxygen atoms in total. The van der Waals surface area contributed by atoms with Crippen molar-refractivity contribution in [3.8, 4) is 0 Å². The average molecular weight is 393 g/mol. The third-order valence-corrected chi connectivity index (χ3v) is 3.60. The first-order valence-electron chi connectivity index (χ1n) is 9.18. The number of aliphatic carboxylic acids is 1. The van der Waals surface area contributed by atoms with Gasteiger partial charge in [0, 0.05) is 18.8 Å². The van der Waals surface area contributed by atoms with Gasteiger partial charge in [0.05, 0.1) is 0 Å². The highest BCUT2D eigenvalue weighted by molar-refractivity contribution is 5.89. The second kappa shape index (κ2) is 9.52. The zero-order valence-electron chi connectivity index (χ0n) is 17.4. The highest BCUT2D eigenvalue weighted by Crippen LogP contribution is 2.21. The van der Waals surface area contributed by atoms with Crippen LogP contribution in [0.3, 0.4) is 0 Å². The molecule has 28 heavy (non-hydrogen) atoms. The van der Waals surface area contributed by atoms with Gasteiger partial charge >= 0.3 is 12.1 Å². The van der Waals surface area contributed by atoms with Crippen LogP contribution in [0, 0.1) is 5.41 Å². The van der Waals surface area contributed by atoms with E-state index in [0.29, 0.717) is 12.0 Å². The summed E-state index contributed by atoms with van der Waals surface area (Å²) in [6, 6.07) is 1.37. The SMILES string of the molecule is CC(C)(C)C[C@@H](NC(=O)OC(C)(C)C)C(=O)N[C@@H](Cc1cccnc1)C(=O)O. The van der Waals surface area contributed by atoms with Crippen LogP contribution in [0.4, 0.5) is 4.79 Å². The first-order chi connectivity index (χ1) is 12.8. The van der Waals surface area contributed by atoms with Crippen molar-refractivity contribution in [3.63, 3.8) is 0 Å². The number of carboxylic acid groups (broad SMARTS) is 1. The van der Waals surface area contributed by atoms with Crippen molar-refractivity contribution in [2.45, 2.75) is 72.1 Å². The summed E-state index contributed by atoms with van der Waals surface area (Å²) < 4.78 is 5.23. The Hall–Kier alpha value is -2.64. The van der Waals surface area contributed by atoms with Crippen LogP contribution in [0.25, 0.3) is 0 Å². The van der Waals surface area contributed by atoms with Crippen LogP contribution >= 0.6 is 0 Å². The number of nitrogens with one attached hydrogen (secondary N) is 2. The molecular formula is C20H31N3O5. The number of carbonyl (C=O) groups is 3. The zero-order chi connectivity index (χ0) is 21.5.